The molecule has 4 heteroatoms. The summed E-state index contributed by atoms with van der Waals surface area (Å²) in [7, 11) is 0. The molecule has 0 bridgehead atoms. The van der Waals surface area contributed by atoms with E-state index in [0.717, 1.165) is 0 Å². The summed E-state index contributed by atoms with van der Waals surface area (Å²) in [6.45, 7) is 0. The maximum Gasteiger partial charge on any atom is 0.202 e. The Morgan fingerprint density at radius 2 is 2.25 bits per heavy atom. The molecule has 0 fully saturated rings. The molecule has 0 amide bonds. The molecule has 0 radical (unpaired) electrons. The van der Waals surface area contributed by atoms with Gasteiger partial charge in [-0.3, -0.25) is 4.79 Å². The minimum atomic E-state index is -1.16. The zero-order chi connectivity index (χ0) is 9.14. The first kappa shape index (κ1) is 9.71. The summed E-state index contributed by atoms with van der Waals surface area (Å²) < 4.78 is 0. The molecule has 12 heavy (non-hydrogen) atoms. The first-order valence-electron chi connectivity index (χ1n) is 3.23. The zero-order valence-corrected chi connectivity index (χ0v) is 8.34. The van der Waals surface area contributed by atoms with Crippen molar-refractivity contribution in [2.45, 2.75) is 5.01 Å². The van der Waals surface area contributed by atoms with E-state index in [-0.39, 0.29) is 0 Å². The van der Waals surface area contributed by atoms with E-state index in [1.165, 1.54) is 6.07 Å². The third-order valence-corrected chi connectivity index (χ3v) is 1.98. The number of hydrogen-bond donors (Lipinski definition) is 1. The number of benzene rings is 1. The zero-order valence-electron chi connectivity index (χ0n) is 6.00. The van der Waals surface area contributed by atoms with Crippen molar-refractivity contribution in [1.29, 1.82) is 0 Å². The predicted molar refractivity (Wildman–Crippen MR) is 50.7 cm³/mol. The summed E-state index contributed by atoms with van der Waals surface area (Å²) in [5, 5.41) is 8.21. The second-order valence-corrected chi connectivity index (χ2v) is 3.51. The molecule has 1 N–H and O–H groups in total. The van der Waals surface area contributed by atoms with Crippen molar-refractivity contribution in [3.8, 4) is 0 Å². The topological polar surface area (TPSA) is 37.3 Å². The van der Waals surface area contributed by atoms with Gasteiger partial charge in [0.25, 0.3) is 0 Å². The number of aliphatic hydroxyl groups excluding tert-OH is 1. The van der Waals surface area contributed by atoms with Crippen molar-refractivity contribution in [2.24, 2.45) is 0 Å². The van der Waals surface area contributed by atoms with E-state index in [4.69, 9.17) is 16.7 Å². The molecule has 1 atom stereocenters. The van der Waals surface area contributed by atoms with Crippen molar-refractivity contribution in [3.05, 3.63) is 34.9 Å². The van der Waals surface area contributed by atoms with Crippen LogP contribution in [0.2, 0.25) is 5.02 Å². The number of Topliss-reactive ketones (excluding diaryl/α,β-unsaturated/α-hetero) is 1. The molecule has 0 saturated heterocycles. The van der Waals surface area contributed by atoms with Gasteiger partial charge in [0.15, 0.2) is 5.01 Å². The quantitative estimate of drug-likeness (QED) is 0.645. The Balaban J connectivity index is 2.96. The summed E-state index contributed by atoms with van der Waals surface area (Å²) in [5.74, 6) is -0.391. The van der Waals surface area contributed by atoms with Gasteiger partial charge in [0.2, 0.25) is 5.78 Å². The molecule has 1 aromatic carbocycles. The highest BCUT2D eigenvalue weighted by molar-refractivity contribution is 9.09. The van der Waals surface area contributed by atoms with Crippen LogP contribution in [0.3, 0.4) is 0 Å². The first-order valence-corrected chi connectivity index (χ1v) is 4.52. The van der Waals surface area contributed by atoms with Gasteiger partial charge in [0, 0.05) is 10.6 Å². The van der Waals surface area contributed by atoms with Crippen LogP contribution in [-0.4, -0.2) is 15.9 Å². The van der Waals surface area contributed by atoms with Crippen LogP contribution in [0.1, 0.15) is 10.4 Å². The lowest BCUT2D eigenvalue weighted by Gasteiger charge is -2.01. The lowest BCUT2D eigenvalue weighted by molar-refractivity contribution is 0.0875. The van der Waals surface area contributed by atoms with Crippen LogP contribution in [0.5, 0.6) is 0 Å². The Hall–Kier alpha value is -0.380. The summed E-state index contributed by atoms with van der Waals surface area (Å²) in [5.41, 5.74) is 0.395. The maximum atomic E-state index is 11.1. The molecule has 1 aromatic rings. The monoisotopic (exact) mass is 248 g/mol. The number of ketones is 1. The minimum absolute atomic E-state index is 0.391. The van der Waals surface area contributed by atoms with Crippen LogP contribution in [0, 0.1) is 0 Å². The number of hydrogen-bond acceptors (Lipinski definition) is 2. The van der Waals surface area contributed by atoms with Crippen molar-refractivity contribution in [2.75, 3.05) is 0 Å². The van der Waals surface area contributed by atoms with E-state index in [1.807, 2.05) is 0 Å². The molecule has 2 nitrogen and oxygen atoms in total. The number of carbonyl (C=O) groups excluding carboxylic acids is 1. The highest BCUT2D eigenvalue weighted by Gasteiger charge is 2.12. The SMILES string of the molecule is O=C(c1cccc(Cl)c1)C(O)Br. The van der Waals surface area contributed by atoms with Gasteiger partial charge in [0.05, 0.1) is 0 Å². The van der Waals surface area contributed by atoms with Crippen LogP contribution < -0.4 is 0 Å². The predicted octanol–water partition coefficient (Wildman–Crippen LogP) is 2.24. The molecule has 1 rings (SSSR count). The fourth-order valence-corrected chi connectivity index (χ4v) is 1.23. The molecule has 0 aliphatic heterocycles. The summed E-state index contributed by atoms with van der Waals surface area (Å²) in [4.78, 5) is 11.1. The van der Waals surface area contributed by atoms with Gasteiger partial charge in [-0.25, -0.2) is 0 Å². The van der Waals surface area contributed by atoms with E-state index in [2.05, 4.69) is 15.9 Å². The Labute approximate surface area is 83.3 Å². The fourth-order valence-electron chi connectivity index (χ4n) is 0.779. The average Bonchev–Trinajstić information content (AvgIpc) is 2.03. The van der Waals surface area contributed by atoms with Crippen molar-refractivity contribution in [1.82, 2.24) is 0 Å². The lowest BCUT2D eigenvalue weighted by Crippen LogP contribution is -2.12. The maximum absolute atomic E-state index is 11.1. The number of halogens is 2. The van der Waals surface area contributed by atoms with E-state index in [0.29, 0.717) is 10.6 Å². The van der Waals surface area contributed by atoms with Crippen LogP contribution in [0.15, 0.2) is 24.3 Å². The Morgan fingerprint density at radius 1 is 1.58 bits per heavy atom. The average molecular weight is 249 g/mol. The standard InChI is InChI=1S/C8H6BrClO2/c9-8(12)7(11)5-2-1-3-6(10)4-5/h1-4,8,12H. The van der Waals surface area contributed by atoms with Crippen molar-refractivity contribution in [3.63, 3.8) is 0 Å². The van der Waals surface area contributed by atoms with E-state index in [1.54, 1.807) is 18.2 Å². The number of alkyl halides is 1. The number of rotatable bonds is 2. The molecule has 1 unspecified atom stereocenters. The van der Waals surface area contributed by atoms with Gasteiger partial charge in [-0.2, -0.15) is 0 Å². The fraction of sp³-hybridized carbons (Fsp3) is 0.125. The largest absolute Gasteiger partial charge is 0.374 e. The van der Waals surface area contributed by atoms with Crippen LogP contribution in [0.25, 0.3) is 0 Å². The van der Waals surface area contributed by atoms with Gasteiger partial charge < -0.3 is 5.11 Å². The van der Waals surface area contributed by atoms with E-state index >= 15 is 0 Å². The molecule has 0 aliphatic carbocycles. The van der Waals surface area contributed by atoms with Gasteiger partial charge in [-0.15, -0.1) is 0 Å². The first-order chi connectivity index (χ1) is 5.61. The number of carbonyl (C=O) groups is 1. The molecular weight excluding hydrogens is 243 g/mol. The lowest BCUT2D eigenvalue weighted by atomic mass is 10.1. The minimum Gasteiger partial charge on any atom is -0.374 e. The summed E-state index contributed by atoms with van der Waals surface area (Å²) >= 11 is 8.41. The van der Waals surface area contributed by atoms with Crippen LogP contribution in [0.4, 0.5) is 0 Å². The van der Waals surface area contributed by atoms with Gasteiger partial charge in [-0.1, -0.05) is 23.7 Å². The smallest absolute Gasteiger partial charge is 0.202 e. The number of aliphatic hydroxyl groups is 1. The van der Waals surface area contributed by atoms with E-state index in [9.17, 15) is 4.79 Å². The van der Waals surface area contributed by atoms with E-state index < -0.39 is 10.8 Å². The highest BCUT2D eigenvalue weighted by Crippen LogP contribution is 2.13. The Morgan fingerprint density at radius 3 is 2.75 bits per heavy atom. The Bertz CT molecular complexity index is 299. The van der Waals surface area contributed by atoms with Gasteiger partial charge >= 0.3 is 0 Å². The third-order valence-electron chi connectivity index (χ3n) is 1.33. The highest BCUT2D eigenvalue weighted by atomic mass is 79.9. The van der Waals surface area contributed by atoms with Crippen LogP contribution in [-0.2, 0) is 0 Å². The van der Waals surface area contributed by atoms with Crippen LogP contribution >= 0.6 is 27.5 Å². The molecule has 0 saturated carbocycles. The summed E-state index contributed by atoms with van der Waals surface area (Å²) in [6, 6.07) is 6.43. The molecular formula is C8H6BrClO2. The third kappa shape index (κ3) is 2.30. The normalized spacial score (nSPS) is 12.6. The second-order valence-electron chi connectivity index (χ2n) is 2.21. The van der Waals surface area contributed by atoms with Gasteiger partial charge in [0.1, 0.15) is 0 Å². The second kappa shape index (κ2) is 4.03. The molecule has 0 aromatic heterocycles. The molecule has 0 spiro atoms. The summed E-state index contributed by atoms with van der Waals surface area (Å²) in [6.07, 6.45) is 0. The van der Waals surface area contributed by atoms with Crippen molar-refractivity contribution < 1.29 is 9.90 Å². The Kier molecular flexibility index (Phi) is 3.26. The molecule has 0 aliphatic rings. The van der Waals surface area contributed by atoms with Crippen molar-refractivity contribution >= 4 is 33.3 Å². The molecule has 0 heterocycles. The molecule has 64 valence electrons. The van der Waals surface area contributed by atoms with Gasteiger partial charge in [-0.05, 0) is 28.1 Å².